The van der Waals surface area contributed by atoms with Crippen LogP contribution in [0.25, 0.3) is 0 Å². The van der Waals surface area contributed by atoms with Gasteiger partial charge in [0.05, 0.1) is 6.33 Å². The zero-order valence-electron chi connectivity index (χ0n) is 14.9. The Balaban J connectivity index is 0.00000288. The average molecular weight is 387 g/mol. The number of nitrogens with zero attached hydrogens (tertiary/aromatic N) is 3. The first-order chi connectivity index (χ1) is 11.1. The quantitative estimate of drug-likeness (QED) is 0.705. The van der Waals surface area contributed by atoms with Gasteiger partial charge in [-0.3, -0.25) is 4.79 Å². The number of hydrogen-bond donors (Lipinski definition) is 1. The number of para-hydroxylation sites is 1. The summed E-state index contributed by atoms with van der Waals surface area (Å²) >= 11 is 0. The molecule has 0 radical (unpaired) electrons. The summed E-state index contributed by atoms with van der Waals surface area (Å²) in [7, 11) is 0. The zero-order valence-corrected chi connectivity index (χ0v) is 16.5. The molecule has 7 heteroatoms. The molecule has 1 aromatic heterocycles. The Labute approximate surface area is 162 Å². The van der Waals surface area contributed by atoms with Gasteiger partial charge in [0, 0.05) is 44.1 Å². The summed E-state index contributed by atoms with van der Waals surface area (Å²) < 4.78 is 2.06. The SMILES string of the molecule is Cc1cccc(C)c1N(CCCCn1ccnc1)C(=O)CCN.Cl.Cl. The molecule has 25 heavy (non-hydrogen) atoms. The summed E-state index contributed by atoms with van der Waals surface area (Å²) in [5.41, 5.74) is 8.88. The summed E-state index contributed by atoms with van der Waals surface area (Å²) in [6.45, 7) is 6.13. The van der Waals surface area contributed by atoms with Gasteiger partial charge < -0.3 is 15.2 Å². The number of benzene rings is 1. The summed E-state index contributed by atoms with van der Waals surface area (Å²) in [5.74, 6) is 0.104. The first-order valence-corrected chi connectivity index (χ1v) is 8.16. The van der Waals surface area contributed by atoms with E-state index < -0.39 is 0 Å². The van der Waals surface area contributed by atoms with Crippen molar-refractivity contribution in [2.45, 2.75) is 39.7 Å². The van der Waals surface area contributed by atoms with Gasteiger partial charge in [-0.05, 0) is 37.8 Å². The van der Waals surface area contributed by atoms with E-state index in [-0.39, 0.29) is 30.7 Å². The first kappa shape index (κ1) is 23.4. The molecule has 0 bridgehead atoms. The van der Waals surface area contributed by atoms with Crippen LogP contribution >= 0.6 is 24.8 Å². The van der Waals surface area contributed by atoms with E-state index in [1.165, 1.54) is 0 Å². The standard InChI is InChI=1S/C18H26N4O.2ClH/c1-15-6-5-7-16(2)18(15)22(17(23)8-9-19)12-4-3-11-21-13-10-20-14-21;;/h5-7,10,13-14H,3-4,8-9,11-12,19H2,1-2H3;2*1H. The van der Waals surface area contributed by atoms with Gasteiger partial charge in [0.15, 0.2) is 0 Å². The van der Waals surface area contributed by atoms with Crippen LogP contribution in [0.1, 0.15) is 30.4 Å². The van der Waals surface area contributed by atoms with Crippen molar-refractivity contribution < 1.29 is 4.79 Å². The van der Waals surface area contributed by atoms with Crippen LogP contribution in [0.4, 0.5) is 5.69 Å². The van der Waals surface area contributed by atoms with E-state index >= 15 is 0 Å². The minimum Gasteiger partial charge on any atom is -0.337 e. The van der Waals surface area contributed by atoms with E-state index in [1.807, 2.05) is 23.5 Å². The molecule has 0 saturated heterocycles. The van der Waals surface area contributed by atoms with Crippen molar-refractivity contribution in [1.29, 1.82) is 0 Å². The average Bonchev–Trinajstić information content (AvgIpc) is 3.02. The molecule has 0 saturated carbocycles. The summed E-state index contributed by atoms with van der Waals surface area (Å²) in [5, 5.41) is 0. The lowest BCUT2D eigenvalue weighted by molar-refractivity contribution is -0.118. The third kappa shape index (κ3) is 6.69. The van der Waals surface area contributed by atoms with Gasteiger partial charge in [0.2, 0.25) is 5.91 Å². The topological polar surface area (TPSA) is 64.2 Å². The maximum Gasteiger partial charge on any atom is 0.228 e. The summed E-state index contributed by atoms with van der Waals surface area (Å²) in [6, 6.07) is 6.13. The zero-order chi connectivity index (χ0) is 16.7. The van der Waals surface area contributed by atoms with Gasteiger partial charge >= 0.3 is 0 Å². The second-order valence-electron chi connectivity index (χ2n) is 5.83. The first-order valence-electron chi connectivity index (χ1n) is 8.16. The Kier molecular flexibility index (Phi) is 11.2. The smallest absolute Gasteiger partial charge is 0.228 e. The second-order valence-corrected chi connectivity index (χ2v) is 5.83. The molecule has 1 amide bonds. The normalized spacial score (nSPS) is 9.88. The van der Waals surface area contributed by atoms with Crippen LogP contribution in [0.2, 0.25) is 0 Å². The van der Waals surface area contributed by atoms with Crippen LogP contribution in [0.5, 0.6) is 0 Å². The molecule has 2 rings (SSSR count). The van der Waals surface area contributed by atoms with E-state index in [0.29, 0.717) is 13.0 Å². The third-order valence-corrected chi connectivity index (χ3v) is 3.98. The number of carbonyl (C=O) groups excluding carboxylic acids is 1. The van der Waals surface area contributed by atoms with Crippen molar-refractivity contribution >= 4 is 36.4 Å². The van der Waals surface area contributed by atoms with Crippen molar-refractivity contribution in [3.8, 4) is 0 Å². The Bertz CT molecular complexity index is 612. The van der Waals surface area contributed by atoms with Gasteiger partial charge in [-0.15, -0.1) is 24.8 Å². The largest absolute Gasteiger partial charge is 0.337 e. The minimum atomic E-state index is 0. The highest BCUT2D eigenvalue weighted by atomic mass is 35.5. The number of rotatable bonds is 8. The molecule has 0 unspecified atom stereocenters. The van der Waals surface area contributed by atoms with Crippen molar-refractivity contribution in [3.05, 3.63) is 48.0 Å². The third-order valence-electron chi connectivity index (χ3n) is 3.98. The number of unbranched alkanes of at least 4 members (excludes halogenated alkanes) is 1. The molecule has 5 nitrogen and oxygen atoms in total. The molecule has 1 heterocycles. The van der Waals surface area contributed by atoms with Crippen molar-refractivity contribution in [2.24, 2.45) is 5.73 Å². The number of halogens is 2. The van der Waals surface area contributed by atoms with E-state index in [9.17, 15) is 4.79 Å². The Morgan fingerprint density at radius 3 is 2.44 bits per heavy atom. The fraction of sp³-hybridized carbons (Fsp3) is 0.444. The van der Waals surface area contributed by atoms with Gasteiger partial charge in [-0.1, -0.05) is 18.2 Å². The molecule has 0 aliphatic rings. The van der Waals surface area contributed by atoms with Crippen LogP contribution in [-0.2, 0) is 11.3 Å². The number of nitrogens with two attached hydrogens (primary N) is 1. The highest BCUT2D eigenvalue weighted by molar-refractivity contribution is 5.95. The van der Waals surface area contributed by atoms with Gasteiger partial charge in [-0.2, -0.15) is 0 Å². The summed E-state index contributed by atoms with van der Waals surface area (Å²) in [6.07, 6.45) is 7.91. The van der Waals surface area contributed by atoms with Gasteiger partial charge in [-0.25, -0.2) is 4.98 Å². The predicted octanol–water partition coefficient (Wildman–Crippen LogP) is 3.51. The molecule has 1 aromatic carbocycles. The molecule has 0 spiro atoms. The van der Waals surface area contributed by atoms with Crippen molar-refractivity contribution in [2.75, 3.05) is 18.0 Å². The Morgan fingerprint density at radius 1 is 1.20 bits per heavy atom. The number of hydrogen-bond acceptors (Lipinski definition) is 3. The molecule has 0 aliphatic carbocycles. The highest BCUT2D eigenvalue weighted by Crippen LogP contribution is 2.25. The van der Waals surface area contributed by atoms with Crippen LogP contribution in [0, 0.1) is 13.8 Å². The van der Waals surface area contributed by atoms with Crippen LogP contribution in [0.3, 0.4) is 0 Å². The fourth-order valence-electron chi connectivity index (χ4n) is 2.83. The lowest BCUT2D eigenvalue weighted by Crippen LogP contribution is -2.34. The van der Waals surface area contributed by atoms with E-state index in [1.54, 1.807) is 6.20 Å². The van der Waals surface area contributed by atoms with Crippen LogP contribution < -0.4 is 10.6 Å². The van der Waals surface area contributed by atoms with Crippen LogP contribution in [0.15, 0.2) is 36.9 Å². The van der Waals surface area contributed by atoms with Gasteiger partial charge in [0.1, 0.15) is 0 Å². The number of amides is 1. The van der Waals surface area contributed by atoms with E-state index in [0.717, 1.165) is 42.7 Å². The number of aryl methyl sites for hydroxylation is 3. The van der Waals surface area contributed by atoms with E-state index in [4.69, 9.17) is 5.73 Å². The summed E-state index contributed by atoms with van der Waals surface area (Å²) in [4.78, 5) is 18.5. The molecular weight excluding hydrogens is 359 g/mol. The number of anilines is 1. The van der Waals surface area contributed by atoms with E-state index in [2.05, 4.69) is 35.5 Å². The molecule has 0 fully saturated rings. The lowest BCUT2D eigenvalue weighted by Gasteiger charge is -2.26. The van der Waals surface area contributed by atoms with Crippen molar-refractivity contribution in [1.82, 2.24) is 9.55 Å². The molecule has 140 valence electrons. The number of carbonyl (C=O) groups is 1. The molecular formula is C18H28Cl2N4O. The number of imidazole rings is 1. The van der Waals surface area contributed by atoms with Crippen LogP contribution in [-0.4, -0.2) is 28.5 Å². The molecule has 2 aromatic rings. The Morgan fingerprint density at radius 2 is 1.88 bits per heavy atom. The maximum absolute atomic E-state index is 12.5. The molecule has 0 atom stereocenters. The van der Waals surface area contributed by atoms with Gasteiger partial charge in [0.25, 0.3) is 0 Å². The van der Waals surface area contributed by atoms with Crippen molar-refractivity contribution in [3.63, 3.8) is 0 Å². The molecule has 2 N–H and O–H groups in total. The lowest BCUT2D eigenvalue weighted by atomic mass is 10.1. The fourth-order valence-corrected chi connectivity index (χ4v) is 2.83. The highest BCUT2D eigenvalue weighted by Gasteiger charge is 2.18. The predicted molar refractivity (Wildman–Crippen MR) is 108 cm³/mol. The molecule has 0 aliphatic heterocycles. The maximum atomic E-state index is 12.5. The second kappa shape index (κ2) is 11.9. The minimum absolute atomic E-state index is 0. The Hall–Kier alpha value is -1.56. The monoisotopic (exact) mass is 386 g/mol. The number of aromatic nitrogens is 2.